The molecule has 0 heterocycles. The van der Waals surface area contributed by atoms with Gasteiger partial charge in [0.15, 0.2) is 6.29 Å². The van der Waals surface area contributed by atoms with Crippen molar-refractivity contribution in [1.29, 1.82) is 0 Å². The van der Waals surface area contributed by atoms with Crippen LogP contribution in [0.25, 0.3) is 0 Å². The SMILES string of the molecule is CC(C)(O)CC(N)C(O)O. The van der Waals surface area contributed by atoms with Crippen LogP contribution in [0.3, 0.4) is 0 Å². The van der Waals surface area contributed by atoms with Gasteiger partial charge in [0.1, 0.15) is 0 Å². The van der Waals surface area contributed by atoms with Crippen molar-refractivity contribution in [3.8, 4) is 0 Å². The van der Waals surface area contributed by atoms with Crippen LogP contribution in [0.5, 0.6) is 0 Å². The maximum atomic E-state index is 9.13. The van der Waals surface area contributed by atoms with E-state index in [-0.39, 0.29) is 6.42 Å². The Hall–Kier alpha value is -0.160. The Bertz CT molecular complexity index is 97.7. The van der Waals surface area contributed by atoms with E-state index in [4.69, 9.17) is 21.1 Å². The van der Waals surface area contributed by atoms with E-state index >= 15 is 0 Å². The van der Waals surface area contributed by atoms with E-state index in [1.807, 2.05) is 0 Å². The number of aliphatic hydroxyl groups excluding tert-OH is 1. The summed E-state index contributed by atoms with van der Waals surface area (Å²) in [5, 5.41) is 26.1. The summed E-state index contributed by atoms with van der Waals surface area (Å²) in [5.74, 6) is 0. The lowest BCUT2D eigenvalue weighted by atomic mass is 10.00. The molecule has 10 heavy (non-hydrogen) atoms. The van der Waals surface area contributed by atoms with E-state index in [2.05, 4.69) is 0 Å². The van der Waals surface area contributed by atoms with Gasteiger partial charge in [0.2, 0.25) is 0 Å². The van der Waals surface area contributed by atoms with Crippen molar-refractivity contribution in [2.75, 3.05) is 0 Å². The Kier molecular flexibility index (Phi) is 3.24. The van der Waals surface area contributed by atoms with E-state index in [0.29, 0.717) is 0 Å². The third kappa shape index (κ3) is 4.69. The molecular formula is C6H15NO3. The smallest absolute Gasteiger partial charge is 0.166 e. The van der Waals surface area contributed by atoms with Crippen LogP contribution in [0.1, 0.15) is 20.3 Å². The Labute approximate surface area is 60.3 Å². The zero-order chi connectivity index (χ0) is 8.36. The zero-order valence-corrected chi connectivity index (χ0v) is 6.28. The lowest BCUT2D eigenvalue weighted by Gasteiger charge is -2.22. The number of rotatable bonds is 3. The van der Waals surface area contributed by atoms with Crippen molar-refractivity contribution in [3.63, 3.8) is 0 Å². The molecule has 1 unspecified atom stereocenters. The molecule has 4 nitrogen and oxygen atoms in total. The zero-order valence-electron chi connectivity index (χ0n) is 6.28. The molecule has 0 spiro atoms. The fraction of sp³-hybridized carbons (Fsp3) is 1.00. The fourth-order valence-electron chi connectivity index (χ4n) is 0.682. The largest absolute Gasteiger partial charge is 0.390 e. The second-order valence-corrected chi connectivity index (χ2v) is 3.09. The summed E-state index contributed by atoms with van der Waals surface area (Å²) < 4.78 is 0. The second kappa shape index (κ2) is 3.30. The predicted octanol–water partition coefficient (Wildman–Crippen LogP) is -1.21. The molecule has 0 aliphatic heterocycles. The van der Waals surface area contributed by atoms with Gasteiger partial charge in [0.05, 0.1) is 11.6 Å². The van der Waals surface area contributed by atoms with Crippen molar-refractivity contribution in [2.24, 2.45) is 5.73 Å². The molecule has 62 valence electrons. The van der Waals surface area contributed by atoms with E-state index in [1.165, 1.54) is 0 Å². The summed E-state index contributed by atoms with van der Waals surface area (Å²) in [6, 6.07) is -0.778. The monoisotopic (exact) mass is 149 g/mol. The number of aliphatic hydroxyl groups is 3. The van der Waals surface area contributed by atoms with E-state index in [9.17, 15) is 0 Å². The van der Waals surface area contributed by atoms with Crippen LogP contribution in [0.2, 0.25) is 0 Å². The Morgan fingerprint density at radius 2 is 1.80 bits per heavy atom. The van der Waals surface area contributed by atoms with Gasteiger partial charge in [-0.3, -0.25) is 0 Å². The molecule has 0 aromatic heterocycles. The Morgan fingerprint density at radius 3 is 1.90 bits per heavy atom. The first-order valence-corrected chi connectivity index (χ1v) is 3.17. The van der Waals surface area contributed by atoms with Gasteiger partial charge in [-0.1, -0.05) is 0 Å². The first kappa shape index (κ1) is 9.84. The lowest BCUT2D eigenvalue weighted by Crippen LogP contribution is -2.40. The standard InChI is InChI=1S/C6H15NO3/c1-6(2,10)3-4(7)5(8)9/h4-5,8-10H,3,7H2,1-2H3. The Morgan fingerprint density at radius 1 is 1.40 bits per heavy atom. The molecule has 0 saturated heterocycles. The minimum Gasteiger partial charge on any atom is -0.390 e. The van der Waals surface area contributed by atoms with Gasteiger partial charge in [0.25, 0.3) is 0 Å². The van der Waals surface area contributed by atoms with Crippen molar-refractivity contribution in [2.45, 2.75) is 38.2 Å². The summed E-state index contributed by atoms with van der Waals surface area (Å²) in [6.45, 7) is 3.13. The number of hydrogen-bond acceptors (Lipinski definition) is 4. The molecule has 0 aliphatic rings. The highest BCUT2D eigenvalue weighted by atomic mass is 16.5. The van der Waals surface area contributed by atoms with Crippen LogP contribution in [0, 0.1) is 0 Å². The van der Waals surface area contributed by atoms with Crippen molar-refractivity contribution in [3.05, 3.63) is 0 Å². The topological polar surface area (TPSA) is 86.7 Å². The van der Waals surface area contributed by atoms with Gasteiger partial charge < -0.3 is 21.1 Å². The number of hydrogen-bond donors (Lipinski definition) is 4. The van der Waals surface area contributed by atoms with Crippen LogP contribution in [-0.4, -0.2) is 33.3 Å². The van der Waals surface area contributed by atoms with E-state index < -0.39 is 17.9 Å². The van der Waals surface area contributed by atoms with Crippen LogP contribution in [0.4, 0.5) is 0 Å². The van der Waals surface area contributed by atoms with Crippen molar-refractivity contribution in [1.82, 2.24) is 0 Å². The molecule has 0 radical (unpaired) electrons. The molecule has 1 atom stereocenters. The first-order chi connectivity index (χ1) is 4.33. The molecular weight excluding hydrogens is 134 g/mol. The summed E-state index contributed by atoms with van der Waals surface area (Å²) in [4.78, 5) is 0. The molecule has 5 N–H and O–H groups in total. The molecule has 0 bridgehead atoms. The summed E-state index contributed by atoms with van der Waals surface area (Å²) >= 11 is 0. The minimum atomic E-state index is -1.55. The van der Waals surface area contributed by atoms with Gasteiger partial charge in [-0.05, 0) is 20.3 Å². The molecule has 0 fully saturated rings. The molecule has 0 aromatic carbocycles. The highest BCUT2D eigenvalue weighted by Gasteiger charge is 2.21. The van der Waals surface area contributed by atoms with Crippen LogP contribution in [0.15, 0.2) is 0 Å². The van der Waals surface area contributed by atoms with Crippen molar-refractivity contribution >= 4 is 0 Å². The maximum absolute atomic E-state index is 9.13. The third-order valence-electron chi connectivity index (χ3n) is 1.12. The van der Waals surface area contributed by atoms with Gasteiger partial charge in [-0.2, -0.15) is 0 Å². The van der Waals surface area contributed by atoms with Crippen molar-refractivity contribution < 1.29 is 15.3 Å². The maximum Gasteiger partial charge on any atom is 0.166 e. The quantitative estimate of drug-likeness (QED) is 0.379. The molecule has 0 amide bonds. The minimum absolute atomic E-state index is 0.171. The molecule has 0 aromatic rings. The fourth-order valence-corrected chi connectivity index (χ4v) is 0.682. The highest BCUT2D eigenvalue weighted by molar-refractivity contribution is 4.74. The molecule has 0 aliphatic carbocycles. The van der Waals surface area contributed by atoms with E-state index in [1.54, 1.807) is 13.8 Å². The van der Waals surface area contributed by atoms with Crippen LogP contribution in [-0.2, 0) is 0 Å². The third-order valence-corrected chi connectivity index (χ3v) is 1.12. The number of nitrogens with two attached hydrogens (primary N) is 1. The summed E-state index contributed by atoms with van der Waals surface area (Å²) in [7, 11) is 0. The second-order valence-electron chi connectivity index (χ2n) is 3.09. The van der Waals surface area contributed by atoms with Gasteiger partial charge >= 0.3 is 0 Å². The van der Waals surface area contributed by atoms with Crippen LogP contribution < -0.4 is 5.73 Å². The molecule has 0 rings (SSSR count). The average molecular weight is 149 g/mol. The molecule has 4 heteroatoms. The van der Waals surface area contributed by atoms with Gasteiger partial charge in [0, 0.05) is 0 Å². The summed E-state index contributed by atoms with van der Waals surface area (Å²) in [5.41, 5.74) is 4.30. The Balaban J connectivity index is 3.68. The van der Waals surface area contributed by atoms with Gasteiger partial charge in [-0.15, -0.1) is 0 Å². The lowest BCUT2D eigenvalue weighted by molar-refractivity contribution is -0.0754. The normalized spacial score (nSPS) is 15.9. The van der Waals surface area contributed by atoms with Crippen LogP contribution >= 0.6 is 0 Å². The highest BCUT2D eigenvalue weighted by Crippen LogP contribution is 2.10. The predicted molar refractivity (Wildman–Crippen MR) is 37.1 cm³/mol. The van der Waals surface area contributed by atoms with Gasteiger partial charge in [-0.25, -0.2) is 0 Å². The summed E-state index contributed by atoms with van der Waals surface area (Å²) in [6.07, 6.45) is -1.38. The first-order valence-electron chi connectivity index (χ1n) is 3.17. The van der Waals surface area contributed by atoms with E-state index in [0.717, 1.165) is 0 Å². The average Bonchev–Trinajstić information content (AvgIpc) is 1.60. The molecule has 0 saturated carbocycles.